The minimum atomic E-state index is -0.435. The summed E-state index contributed by atoms with van der Waals surface area (Å²) in [6.07, 6.45) is 0. The highest BCUT2D eigenvalue weighted by Crippen LogP contribution is 2.10. The Morgan fingerprint density at radius 2 is 1.75 bits per heavy atom. The van der Waals surface area contributed by atoms with Gasteiger partial charge in [0.1, 0.15) is 0 Å². The van der Waals surface area contributed by atoms with Gasteiger partial charge in [-0.2, -0.15) is 0 Å². The Bertz CT molecular complexity index is 295. The minimum absolute atomic E-state index is 0.435. The molecule has 0 N–H and O–H groups in total. The molecule has 0 saturated carbocycles. The van der Waals surface area contributed by atoms with Crippen molar-refractivity contribution >= 4 is 11.6 Å². The molecule has 12 heavy (non-hydrogen) atoms. The van der Waals surface area contributed by atoms with Gasteiger partial charge in [0.15, 0.2) is 0 Å². The molecular weight excluding hydrogens is 168 g/mol. The number of hydrogen-bond acceptors (Lipinski definition) is 0. The molecule has 0 fully saturated rings. The van der Waals surface area contributed by atoms with E-state index in [9.17, 15) is 0 Å². The van der Waals surface area contributed by atoms with Crippen molar-refractivity contribution in [1.29, 1.82) is 0 Å². The molecule has 0 unspecified atom stereocenters. The molecular formula is C11H11Cl. The van der Waals surface area contributed by atoms with Gasteiger partial charge in [0, 0.05) is 5.56 Å². The van der Waals surface area contributed by atoms with Crippen molar-refractivity contribution in [3.8, 4) is 11.8 Å². The molecule has 0 amide bonds. The fourth-order valence-electron chi connectivity index (χ4n) is 0.742. The largest absolute Gasteiger partial charge is 0.106 e. The molecule has 0 aliphatic heterocycles. The van der Waals surface area contributed by atoms with E-state index in [1.165, 1.54) is 0 Å². The summed E-state index contributed by atoms with van der Waals surface area (Å²) in [6, 6.07) is 9.83. The predicted molar refractivity (Wildman–Crippen MR) is 53.3 cm³/mol. The van der Waals surface area contributed by atoms with Crippen molar-refractivity contribution < 1.29 is 0 Å². The quantitative estimate of drug-likeness (QED) is 0.423. The van der Waals surface area contributed by atoms with Gasteiger partial charge in [-0.1, -0.05) is 30.0 Å². The van der Waals surface area contributed by atoms with Crippen molar-refractivity contribution in [2.45, 2.75) is 18.7 Å². The summed E-state index contributed by atoms with van der Waals surface area (Å²) in [5.74, 6) is 5.96. The van der Waals surface area contributed by atoms with Gasteiger partial charge < -0.3 is 0 Å². The maximum Gasteiger partial charge on any atom is 0.0997 e. The normalized spacial score (nSPS) is 10.2. The fourth-order valence-corrected chi connectivity index (χ4v) is 0.790. The van der Waals surface area contributed by atoms with Crippen LogP contribution >= 0.6 is 11.6 Å². The van der Waals surface area contributed by atoms with Crippen molar-refractivity contribution in [2.75, 3.05) is 0 Å². The molecule has 1 aromatic rings. The van der Waals surface area contributed by atoms with Gasteiger partial charge in [-0.15, -0.1) is 11.6 Å². The van der Waals surface area contributed by atoms with Crippen LogP contribution in [0.5, 0.6) is 0 Å². The predicted octanol–water partition coefficient (Wildman–Crippen LogP) is 3.06. The summed E-state index contributed by atoms with van der Waals surface area (Å²) < 4.78 is 0. The minimum Gasteiger partial charge on any atom is -0.106 e. The third kappa shape index (κ3) is 3.46. The SMILES string of the molecule is CC(C)(Cl)C#Cc1ccccc1. The van der Waals surface area contributed by atoms with E-state index in [4.69, 9.17) is 11.6 Å². The lowest BCUT2D eigenvalue weighted by atomic mass is 10.2. The van der Waals surface area contributed by atoms with Crippen molar-refractivity contribution in [3.05, 3.63) is 35.9 Å². The molecule has 0 aliphatic rings. The van der Waals surface area contributed by atoms with Gasteiger partial charge in [-0.25, -0.2) is 0 Å². The average Bonchev–Trinajstić information content (AvgIpc) is 2.02. The Morgan fingerprint density at radius 1 is 1.17 bits per heavy atom. The van der Waals surface area contributed by atoms with Crippen LogP contribution in [0.25, 0.3) is 0 Å². The first-order valence-corrected chi connectivity index (χ1v) is 4.23. The summed E-state index contributed by atoms with van der Waals surface area (Å²) >= 11 is 5.91. The lowest BCUT2D eigenvalue weighted by Gasteiger charge is -2.03. The van der Waals surface area contributed by atoms with E-state index in [0.717, 1.165) is 5.56 Å². The Kier molecular flexibility index (Phi) is 2.78. The summed E-state index contributed by atoms with van der Waals surface area (Å²) in [4.78, 5) is -0.435. The molecule has 1 aromatic carbocycles. The first-order chi connectivity index (χ1) is 5.58. The number of rotatable bonds is 0. The van der Waals surface area contributed by atoms with Crippen LogP contribution in [0.15, 0.2) is 30.3 Å². The van der Waals surface area contributed by atoms with Crippen LogP contribution in [-0.2, 0) is 0 Å². The number of hydrogen-bond donors (Lipinski definition) is 0. The standard InChI is InChI=1S/C11H11Cl/c1-11(2,12)9-8-10-6-4-3-5-7-10/h3-7H,1-2H3. The Labute approximate surface area is 78.6 Å². The van der Waals surface area contributed by atoms with E-state index in [1.54, 1.807) is 0 Å². The number of alkyl halides is 1. The molecule has 0 spiro atoms. The second-order valence-corrected chi connectivity index (χ2v) is 4.03. The van der Waals surface area contributed by atoms with Crippen LogP contribution < -0.4 is 0 Å². The molecule has 62 valence electrons. The first kappa shape index (κ1) is 9.16. The zero-order valence-electron chi connectivity index (χ0n) is 7.26. The van der Waals surface area contributed by atoms with Crippen LogP contribution in [0, 0.1) is 11.8 Å². The van der Waals surface area contributed by atoms with E-state index in [-0.39, 0.29) is 0 Å². The topological polar surface area (TPSA) is 0 Å². The van der Waals surface area contributed by atoms with E-state index < -0.39 is 4.87 Å². The van der Waals surface area contributed by atoms with Crippen molar-refractivity contribution in [3.63, 3.8) is 0 Å². The van der Waals surface area contributed by atoms with Gasteiger partial charge in [0.2, 0.25) is 0 Å². The van der Waals surface area contributed by atoms with Crippen molar-refractivity contribution in [1.82, 2.24) is 0 Å². The van der Waals surface area contributed by atoms with Gasteiger partial charge >= 0.3 is 0 Å². The van der Waals surface area contributed by atoms with E-state index in [0.29, 0.717) is 0 Å². The van der Waals surface area contributed by atoms with Crippen LogP contribution in [0.1, 0.15) is 19.4 Å². The summed E-state index contributed by atoms with van der Waals surface area (Å²) in [7, 11) is 0. The average molecular weight is 179 g/mol. The fraction of sp³-hybridized carbons (Fsp3) is 0.273. The lowest BCUT2D eigenvalue weighted by Crippen LogP contribution is -2.04. The third-order valence-electron chi connectivity index (χ3n) is 1.28. The second-order valence-electron chi connectivity index (χ2n) is 3.09. The number of halogens is 1. The molecule has 0 aromatic heterocycles. The molecule has 0 nitrogen and oxygen atoms in total. The van der Waals surface area contributed by atoms with E-state index in [1.807, 2.05) is 44.2 Å². The third-order valence-corrected chi connectivity index (χ3v) is 1.37. The molecule has 0 aliphatic carbocycles. The molecule has 1 heteroatoms. The first-order valence-electron chi connectivity index (χ1n) is 3.85. The maximum absolute atomic E-state index is 5.91. The van der Waals surface area contributed by atoms with Crippen molar-refractivity contribution in [2.24, 2.45) is 0 Å². The van der Waals surface area contributed by atoms with Gasteiger partial charge in [0.25, 0.3) is 0 Å². The van der Waals surface area contributed by atoms with Gasteiger partial charge in [-0.3, -0.25) is 0 Å². The Hall–Kier alpha value is -0.930. The van der Waals surface area contributed by atoms with Gasteiger partial charge in [-0.05, 0) is 26.0 Å². The lowest BCUT2D eigenvalue weighted by molar-refractivity contribution is 0.917. The van der Waals surface area contributed by atoms with E-state index in [2.05, 4.69) is 11.8 Å². The van der Waals surface area contributed by atoms with E-state index >= 15 is 0 Å². The highest BCUT2D eigenvalue weighted by Gasteiger charge is 2.06. The zero-order valence-corrected chi connectivity index (χ0v) is 8.02. The highest BCUT2D eigenvalue weighted by atomic mass is 35.5. The molecule has 0 bridgehead atoms. The summed E-state index contributed by atoms with van der Waals surface area (Å²) in [5, 5.41) is 0. The highest BCUT2D eigenvalue weighted by molar-refractivity contribution is 6.25. The van der Waals surface area contributed by atoms with Crippen LogP contribution in [-0.4, -0.2) is 4.87 Å². The number of benzene rings is 1. The smallest absolute Gasteiger partial charge is 0.0997 e. The van der Waals surface area contributed by atoms with Gasteiger partial charge in [0.05, 0.1) is 4.87 Å². The summed E-state index contributed by atoms with van der Waals surface area (Å²) in [5.41, 5.74) is 1.01. The Balaban J connectivity index is 2.81. The molecule has 0 radical (unpaired) electrons. The molecule has 0 saturated heterocycles. The van der Waals surface area contributed by atoms with Crippen LogP contribution in [0.3, 0.4) is 0 Å². The van der Waals surface area contributed by atoms with Crippen LogP contribution in [0.2, 0.25) is 0 Å². The molecule has 1 rings (SSSR count). The Morgan fingerprint density at radius 3 is 2.25 bits per heavy atom. The molecule has 0 heterocycles. The zero-order chi connectivity index (χ0) is 9.03. The second kappa shape index (κ2) is 3.65. The molecule has 0 atom stereocenters. The van der Waals surface area contributed by atoms with Crippen LogP contribution in [0.4, 0.5) is 0 Å². The maximum atomic E-state index is 5.91. The summed E-state index contributed by atoms with van der Waals surface area (Å²) in [6.45, 7) is 3.76. The monoisotopic (exact) mass is 178 g/mol.